The molecule has 17 heavy (non-hydrogen) atoms. The van der Waals surface area contributed by atoms with Crippen LogP contribution in [0.5, 0.6) is 0 Å². The molecule has 1 heterocycles. The minimum absolute atomic E-state index is 0.592. The molecule has 0 bridgehead atoms. The van der Waals surface area contributed by atoms with E-state index in [1.807, 2.05) is 0 Å². The molecule has 0 unspecified atom stereocenters. The van der Waals surface area contributed by atoms with Crippen LogP contribution in [0.25, 0.3) is 11.1 Å². The van der Waals surface area contributed by atoms with Crippen LogP contribution in [0.2, 0.25) is 0 Å². The van der Waals surface area contributed by atoms with Crippen molar-refractivity contribution in [1.29, 1.82) is 0 Å². The number of rotatable bonds is 3. The predicted octanol–water partition coefficient (Wildman–Crippen LogP) is 2.41. The average molecular weight is 234 g/mol. The zero-order chi connectivity index (χ0) is 12.6. The maximum Gasteiger partial charge on any atom is 0.328 e. The van der Waals surface area contributed by atoms with E-state index in [1.54, 1.807) is 39.0 Å². The van der Waals surface area contributed by atoms with Crippen molar-refractivity contribution >= 4 is 22.8 Å². The Hall–Kier alpha value is -2.04. The second-order valence-corrected chi connectivity index (χ2v) is 4.47. The number of carboxylic acid groups (broad SMARTS) is 1. The predicted molar refractivity (Wildman–Crippen MR) is 64.1 cm³/mol. The van der Waals surface area contributed by atoms with Gasteiger partial charge in [0, 0.05) is 12.6 Å². The van der Waals surface area contributed by atoms with E-state index in [9.17, 15) is 4.79 Å². The van der Waals surface area contributed by atoms with Gasteiger partial charge in [-0.15, -0.1) is 0 Å². The van der Waals surface area contributed by atoms with E-state index in [-0.39, 0.29) is 0 Å². The summed E-state index contributed by atoms with van der Waals surface area (Å²) in [6.45, 7) is 4.98. The smallest absolute Gasteiger partial charge is 0.328 e. The number of anilines is 1. The van der Waals surface area contributed by atoms with Crippen LogP contribution in [-0.2, 0) is 4.79 Å². The summed E-state index contributed by atoms with van der Waals surface area (Å²) in [6, 6.07) is 5.32. The lowest BCUT2D eigenvalue weighted by atomic mass is 10.1. The van der Waals surface area contributed by atoms with Crippen LogP contribution in [0, 0.1) is 6.92 Å². The first-order valence-electron chi connectivity index (χ1n) is 5.27. The number of aromatic nitrogens is 1. The molecule has 5 heteroatoms. The first-order chi connectivity index (χ1) is 7.88. The van der Waals surface area contributed by atoms with Crippen LogP contribution >= 0.6 is 0 Å². The van der Waals surface area contributed by atoms with Crippen molar-refractivity contribution in [3.63, 3.8) is 0 Å². The van der Waals surface area contributed by atoms with Gasteiger partial charge < -0.3 is 14.8 Å². The summed E-state index contributed by atoms with van der Waals surface area (Å²) < 4.78 is 5.35. The Morgan fingerprint density at radius 3 is 2.82 bits per heavy atom. The van der Waals surface area contributed by atoms with E-state index in [0.29, 0.717) is 22.7 Å². The average Bonchev–Trinajstić information content (AvgIpc) is 2.56. The summed E-state index contributed by atoms with van der Waals surface area (Å²) in [5.41, 5.74) is 1.10. The second-order valence-electron chi connectivity index (χ2n) is 4.47. The van der Waals surface area contributed by atoms with Gasteiger partial charge in [-0.25, -0.2) is 9.78 Å². The molecule has 2 N–H and O–H groups in total. The number of nitrogens with one attached hydrogen (secondary N) is 1. The van der Waals surface area contributed by atoms with Crippen molar-refractivity contribution in [2.45, 2.75) is 26.3 Å². The number of hydrogen-bond acceptors (Lipinski definition) is 4. The minimum Gasteiger partial charge on any atom is -0.480 e. The lowest BCUT2D eigenvalue weighted by molar-refractivity contribution is -0.141. The Morgan fingerprint density at radius 1 is 1.47 bits per heavy atom. The van der Waals surface area contributed by atoms with Crippen molar-refractivity contribution in [3.05, 3.63) is 24.1 Å². The molecule has 0 radical (unpaired) electrons. The van der Waals surface area contributed by atoms with Crippen molar-refractivity contribution in [2.24, 2.45) is 0 Å². The standard InChI is InChI=1S/C12H14N2O3/c1-7-13-9-6-8(4-5-10(9)17-7)14-12(2,3)11(15)16/h4-6,14H,1-3H3,(H,15,16). The zero-order valence-electron chi connectivity index (χ0n) is 9.94. The van der Waals surface area contributed by atoms with Crippen molar-refractivity contribution in [3.8, 4) is 0 Å². The van der Waals surface area contributed by atoms with Crippen LogP contribution in [0.15, 0.2) is 22.6 Å². The molecular formula is C12H14N2O3. The maximum atomic E-state index is 11.0. The molecular weight excluding hydrogens is 220 g/mol. The third-order valence-electron chi connectivity index (χ3n) is 2.49. The monoisotopic (exact) mass is 234 g/mol. The van der Waals surface area contributed by atoms with Crippen LogP contribution in [-0.4, -0.2) is 21.6 Å². The molecule has 0 aliphatic carbocycles. The van der Waals surface area contributed by atoms with Crippen molar-refractivity contribution in [1.82, 2.24) is 4.98 Å². The van der Waals surface area contributed by atoms with Gasteiger partial charge in [-0.3, -0.25) is 0 Å². The van der Waals surface area contributed by atoms with Gasteiger partial charge in [0.1, 0.15) is 11.1 Å². The van der Waals surface area contributed by atoms with E-state index >= 15 is 0 Å². The number of nitrogens with zero attached hydrogens (tertiary/aromatic N) is 1. The van der Waals surface area contributed by atoms with Gasteiger partial charge in [-0.1, -0.05) is 0 Å². The number of aliphatic carboxylic acids is 1. The quantitative estimate of drug-likeness (QED) is 0.852. The van der Waals surface area contributed by atoms with Gasteiger partial charge in [-0.2, -0.15) is 0 Å². The van der Waals surface area contributed by atoms with Crippen molar-refractivity contribution in [2.75, 3.05) is 5.32 Å². The highest BCUT2D eigenvalue weighted by Gasteiger charge is 2.26. The lowest BCUT2D eigenvalue weighted by Gasteiger charge is -2.22. The summed E-state index contributed by atoms with van der Waals surface area (Å²) >= 11 is 0. The number of aryl methyl sites for hydroxylation is 1. The number of fused-ring (bicyclic) bond motifs is 1. The fourth-order valence-electron chi connectivity index (χ4n) is 1.53. The Labute approximate surface area is 98.5 Å². The van der Waals surface area contributed by atoms with E-state index in [2.05, 4.69) is 10.3 Å². The highest BCUT2D eigenvalue weighted by Crippen LogP contribution is 2.22. The van der Waals surface area contributed by atoms with E-state index in [0.717, 1.165) is 0 Å². The Bertz CT molecular complexity index is 572. The first-order valence-corrected chi connectivity index (χ1v) is 5.27. The number of benzene rings is 1. The fourth-order valence-corrected chi connectivity index (χ4v) is 1.53. The molecule has 0 atom stereocenters. The number of carboxylic acids is 1. The molecule has 2 aromatic rings. The normalized spacial score (nSPS) is 11.7. The molecule has 1 aromatic heterocycles. The fraction of sp³-hybridized carbons (Fsp3) is 0.333. The van der Waals surface area contributed by atoms with Crippen LogP contribution in [0.1, 0.15) is 19.7 Å². The molecule has 5 nitrogen and oxygen atoms in total. The molecule has 0 spiro atoms. The third kappa shape index (κ3) is 2.22. The Morgan fingerprint density at radius 2 is 2.18 bits per heavy atom. The molecule has 0 aliphatic heterocycles. The Kier molecular flexibility index (Phi) is 2.53. The minimum atomic E-state index is -1.02. The maximum absolute atomic E-state index is 11.0. The van der Waals surface area contributed by atoms with Gasteiger partial charge in [0.2, 0.25) is 0 Å². The largest absolute Gasteiger partial charge is 0.480 e. The lowest BCUT2D eigenvalue weighted by Crippen LogP contribution is -2.39. The summed E-state index contributed by atoms with van der Waals surface area (Å²) in [4.78, 5) is 15.2. The van der Waals surface area contributed by atoms with Crippen LogP contribution in [0.4, 0.5) is 5.69 Å². The molecule has 2 rings (SSSR count). The van der Waals surface area contributed by atoms with Gasteiger partial charge in [0.15, 0.2) is 11.5 Å². The highest BCUT2D eigenvalue weighted by molar-refractivity contribution is 5.83. The summed E-state index contributed by atoms with van der Waals surface area (Å²) in [7, 11) is 0. The van der Waals surface area contributed by atoms with Crippen molar-refractivity contribution < 1.29 is 14.3 Å². The van der Waals surface area contributed by atoms with Crippen LogP contribution < -0.4 is 5.32 Å². The summed E-state index contributed by atoms with van der Waals surface area (Å²) in [5, 5.41) is 12.0. The molecule has 0 saturated carbocycles. The third-order valence-corrected chi connectivity index (χ3v) is 2.49. The Balaban J connectivity index is 2.34. The van der Waals surface area contributed by atoms with Gasteiger partial charge in [-0.05, 0) is 32.0 Å². The van der Waals surface area contributed by atoms with E-state index < -0.39 is 11.5 Å². The van der Waals surface area contributed by atoms with Gasteiger partial charge >= 0.3 is 5.97 Å². The van der Waals surface area contributed by atoms with E-state index in [4.69, 9.17) is 9.52 Å². The van der Waals surface area contributed by atoms with Gasteiger partial charge in [0.05, 0.1) is 0 Å². The molecule has 0 amide bonds. The molecule has 0 saturated heterocycles. The molecule has 90 valence electrons. The summed E-state index contributed by atoms with van der Waals surface area (Å²) in [6.07, 6.45) is 0. The number of hydrogen-bond donors (Lipinski definition) is 2. The van der Waals surface area contributed by atoms with Crippen LogP contribution in [0.3, 0.4) is 0 Å². The zero-order valence-corrected chi connectivity index (χ0v) is 9.94. The SMILES string of the molecule is Cc1nc2cc(NC(C)(C)C(=O)O)ccc2o1. The molecule has 0 aliphatic rings. The summed E-state index contributed by atoms with van der Waals surface area (Å²) in [5.74, 6) is -0.316. The highest BCUT2D eigenvalue weighted by atomic mass is 16.4. The molecule has 0 fully saturated rings. The van der Waals surface area contributed by atoms with Gasteiger partial charge in [0.25, 0.3) is 0 Å². The topological polar surface area (TPSA) is 75.4 Å². The molecule has 1 aromatic carbocycles. The number of carbonyl (C=O) groups is 1. The van der Waals surface area contributed by atoms with E-state index in [1.165, 1.54) is 0 Å². The number of oxazole rings is 1. The first kappa shape index (κ1) is 11.4. The second kappa shape index (κ2) is 3.76.